The Labute approximate surface area is 172 Å². The minimum atomic E-state index is -0.281. The highest BCUT2D eigenvalue weighted by Gasteiger charge is 2.22. The second-order valence-corrected chi connectivity index (χ2v) is 7.54. The second kappa shape index (κ2) is 8.86. The van der Waals surface area contributed by atoms with Gasteiger partial charge in [0.2, 0.25) is 5.82 Å². The molecule has 3 aromatic rings. The maximum atomic E-state index is 11.9. The molecule has 0 saturated carbocycles. The number of carbonyl (C=O) groups is 1. The van der Waals surface area contributed by atoms with Crippen LogP contribution < -0.4 is 10.1 Å². The van der Waals surface area contributed by atoms with Crippen LogP contribution in [0.25, 0.3) is 0 Å². The van der Waals surface area contributed by atoms with Crippen molar-refractivity contribution in [3.05, 3.63) is 89.0 Å². The number of nitrogens with one attached hydrogen (secondary N) is 1. The number of aryl methyl sites for hydroxylation is 1. The molecule has 5 heteroatoms. The molecule has 1 amide bonds. The van der Waals surface area contributed by atoms with Crippen LogP contribution in [0.1, 0.15) is 53.8 Å². The van der Waals surface area contributed by atoms with Crippen LogP contribution in [0.5, 0.6) is 5.75 Å². The van der Waals surface area contributed by atoms with Crippen molar-refractivity contribution in [1.29, 1.82) is 0 Å². The zero-order valence-electron chi connectivity index (χ0n) is 17.4. The molecule has 0 aliphatic carbocycles. The lowest BCUT2D eigenvalue weighted by Gasteiger charge is -2.26. The van der Waals surface area contributed by atoms with Gasteiger partial charge >= 0.3 is 0 Å². The summed E-state index contributed by atoms with van der Waals surface area (Å²) in [6.07, 6.45) is 1.57. The molecule has 2 aromatic carbocycles. The lowest BCUT2D eigenvalue weighted by atomic mass is 9.78. The fourth-order valence-electron chi connectivity index (χ4n) is 3.09. The number of hydrogen-bond acceptors (Lipinski definition) is 4. The molecule has 0 spiro atoms. The van der Waals surface area contributed by atoms with Gasteiger partial charge in [-0.3, -0.25) is 4.79 Å². The maximum Gasteiger partial charge on any atom is 0.289 e. The molecule has 5 nitrogen and oxygen atoms in total. The van der Waals surface area contributed by atoms with Crippen molar-refractivity contribution in [2.45, 2.75) is 39.7 Å². The third kappa shape index (κ3) is 4.99. The van der Waals surface area contributed by atoms with E-state index in [0.29, 0.717) is 12.2 Å². The van der Waals surface area contributed by atoms with Crippen molar-refractivity contribution in [1.82, 2.24) is 15.3 Å². The lowest BCUT2D eigenvalue weighted by molar-refractivity contribution is 0.0944. The SMILES string of the molecule is CCNC(=O)c1nccc(COc2ccc(C(C)(C)c3ccc(C)cc3)cc2)n1. The number of nitrogens with zero attached hydrogens (tertiary/aromatic N) is 2. The number of hydrogen-bond donors (Lipinski definition) is 1. The fraction of sp³-hybridized carbons (Fsp3) is 0.292. The minimum absolute atomic E-state index is 0.0968. The van der Waals surface area contributed by atoms with E-state index in [1.165, 1.54) is 16.7 Å². The Morgan fingerprint density at radius 3 is 2.24 bits per heavy atom. The molecule has 0 saturated heterocycles. The van der Waals surface area contributed by atoms with Crippen LogP contribution in [0.2, 0.25) is 0 Å². The van der Waals surface area contributed by atoms with Crippen molar-refractivity contribution in [3.8, 4) is 5.75 Å². The van der Waals surface area contributed by atoms with Crippen LogP contribution in [-0.4, -0.2) is 22.4 Å². The first-order valence-electron chi connectivity index (χ1n) is 9.80. The fourth-order valence-corrected chi connectivity index (χ4v) is 3.09. The van der Waals surface area contributed by atoms with Gasteiger partial charge in [0.25, 0.3) is 5.91 Å². The average Bonchev–Trinajstić information content (AvgIpc) is 2.73. The number of carbonyl (C=O) groups excluding carboxylic acids is 1. The highest BCUT2D eigenvalue weighted by molar-refractivity contribution is 5.90. The van der Waals surface area contributed by atoms with E-state index in [9.17, 15) is 4.79 Å². The summed E-state index contributed by atoms with van der Waals surface area (Å²) in [6, 6.07) is 18.5. The summed E-state index contributed by atoms with van der Waals surface area (Å²) in [7, 11) is 0. The molecule has 0 fully saturated rings. The van der Waals surface area contributed by atoms with Gasteiger partial charge in [-0.15, -0.1) is 0 Å². The average molecular weight is 389 g/mol. The number of benzene rings is 2. The first kappa shape index (κ1) is 20.5. The van der Waals surface area contributed by atoms with E-state index in [4.69, 9.17) is 4.74 Å². The Morgan fingerprint density at radius 1 is 1.00 bits per heavy atom. The van der Waals surface area contributed by atoms with E-state index in [2.05, 4.69) is 72.5 Å². The Balaban J connectivity index is 1.67. The molecule has 0 unspecified atom stereocenters. The molecule has 0 bridgehead atoms. The Kier molecular flexibility index (Phi) is 6.27. The molecule has 0 aliphatic heterocycles. The molecule has 3 rings (SSSR count). The van der Waals surface area contributed by atoms with Gasteiger partial charge in [-0.2, -0.15) is 0 Å². The first-order valence-corrected chi connectivity index (χ1v) is 9.80. The Hall–Kier alpha value is -3.21. The molecule has 150 valence electrons. The van der Waals surface area contributed by atoms with Gasteiger partial charge in [-0.05, 0) is 43.2 Å². The van der Waals surface area contributed by atoms with Gasteiger partial charge < -0.3 is 10.1 Å². The first-order chi connectivity index (χ1) is 13.9. The van der Waals surface area contributed by atoms with Crippen molar-refractivity contribution in [3.63, 3.8) is 0 Å². The summed E-state index contributed by atoms with van der Waals surface area (Å²) in [6.45, 7) is 9.20. The predicted octanol–water partition coefficient (Wildman–Crippen LogP) is 4.44. The molecular weight excluding hydrogens is 362 g/mol. The van der Waals surface area contributed by atoms with Crippen LogP contribution in [0.3, 0.4) is 0 Å². The van der Waals surface area contributed by atoms with Gasteiger partial charge in [0.05, 0.1) is 5.69 Å². The van der Waals surface area contributed by atoms with E-state index < -0.39 is 0 Å². The third-order valence-corrected chi connectivity index (χ3v) is 4.99. The van der Waals surface area contributed by atoms with Crippen molar-refractivity contribution < 1.29 is 9.53 Å². The zero-order chi connectivity index (χ0) is 20.9. The standard InChI is InChI=1S/C24H27N3O2/c1-5-25-23(28)22-26-15-14-20(27-22)16-29-21-12-10-19(11-13-21)24(3,4)18-8-6-17(2)7-9-18/h6-15H,5,16H2,1-4H3,(H,25,28). The van der Waals surface area contributed by atoms with Gasteiger partial charge in [0, 0.05) is 18.2 Å². The number of ether oxygens (including phenoxy) is 1. The van der Waals surface area contributed by atoms with Crippen molar-refractivity contribution >= 4 is 5.91 Å². The van der Waals surface area contributed by atoms with Crippen LogP contribution in [0.4, 0.5) is 0 Å². The van der Waals surface area contributed by atoms with Crippen molar-refractivity contribution in [2.24, 2.45) is 0 Å². The normalized spacial score (nSPS) is 11.2. The number of aromatic nitrogens is 2. The van der Waals surface area contributed by atoms with Gasteiger partial charge in [0.1, 0.15) is 12.4 Å². The lowest BCUT2D eigenvalue weighted by Crippen LogP contribution is -2.25. The molecule has 1 heterocycles. The van der Waals surface area contributed by atoms with E-state index in [-0.39, 0.29) is 23.8 Å². The summed E-state index contributed by atoms with van der Waals surface area (Å²) in [4.78, 5) is 20.1. The van der Waals surface area contributed by atoms with Gasteiger partial charge in [0.15, 0.2) is 0 Å². The maximum absolute atomic E-state index is 11.9. The number of amides is 1. The largest absolute Gasteiger partial charge is 0.487 e. The molecular formula is C24H27N3O2. The van der Waals surface area contributed by atoms with E-state index >= 15 is 0 Å². The van der Waals surface area contributed by atoms with Crippen LogP contribution in [0.15, 0.2) is 60.8 Å². The van der Waals surface area contributed by atoms with Crippen LogP contribution >= 0.6 is 0 Å². The van der Waals surface area contributed by atoms with Crippen molar-refractivity contribution in [2.75, 3.05) is 6.54 Å². The Morgan fingerprint density at radius 2 is 1.62 bits per heavy atom. The summed E-state index contributed by atoms with van der Waals surface area (Å²) in [5, 5.41) is 2.69. The van der Waals surface area contributed by atoms with E-state index in [0.717, 1.165) is 5.75 Å². The topological polar surface area (TPSA) is 64.1 Å². The highest BCUT2D eigenvalue weighted by Crippen LogP contribution is 2.32. The number of rotatable bonds is 7. The van der Waals surface area contributed by atoms with Crippen LogP contribution in [-0.2, 0) is 12.0 Å². The summed E-state index contributed by atoms with van der Waals surface area (Å²) in [5.41, 5.74) is 4.31. The van der Waals surface area contributed by atoms with E-state index in [1.54, 1.807) is 12.3 Å². The summed E-state index contributed by atoms with van der Waals surface area (Å²) < 4.78 is 5.85. The van der Waals surface area contributed by atoms with E-state index in [1.807, 2.05) is 19.1 Å². The third-order valence-electron chi connectivity index (χ3n) is 4.99. The summed E-state index contributed by atoms with van der Waals surface area (Å²) >= 11 is 0. The predicted molar refractivity (Wildman–Crippen MR) is 114 cm³/mol. The molecule has 0 atom stereocenters. The quantitative estimate of drug-likeness (QED) is 0.649. The monoisotopic (exact) mass is 389 g/mol. The molecule has 29 heavy (non-hydrogen) atoms. The van der Waals surface area contributed by atoms with Crippen LogP contribution in [0, 0.1) is 6.92 Å². The van der Waals surface area contributed by atoms with Gasteiger partial charge in [-0.25, -0.2) is 9.97 Å². The van der Waals surface area contributed by atoms with Gasteiger partial charge in [-0.1, -0.05) is 55.8 Å². The molecule has 0 radical (unpaired) electrons. The molecule has 1 N–H and O–H groups in total. The molecule has 0 aliphatic rings. The minimum Gasteiger partial charge on any atom is -0.487 e. The zero-order valence-corrected chi connectivity index (χ0v) is 17.4. The second-order valence-electron chi connectivity index (χ2n) is 7.54. The molecule has 1 aromatic heterocycles. The Bertz CT molecular complexity index is 964. The smallest absolute Gasteiger partial charge is 0.289 e. The highest BCUT2D eigenvalue weighted by atomic mass is 16.5. The summed E-state index contributed by atoms with van der Waals surface area (Å²) in [5.74, 6) is 0.631.